The minimum absolute atomic E-state index is 0.242. The van der Waals surface area contributed by atoms with Crippen LogP contribution in [0.25, 0.3) is 11.3 Å². The van der Waals surface area contributed by atoms with Crippen molar-refractivity contribution in [2.45, 2.75) is 12.8 Å². The first-order valence-electron chi connectivity index (χ1n) is 8.44. The SMILES string of the molecule is CN(CCCc1cc(-c2ccc(F)cc2)n(C)n1)c1cccc(C#N)n1. The summed E-state index contributed by atoms with van der Waals surface area (Å²) in [5.41, 5.74) is 3.33. The largest absolute Gasteiger partial charge is 0.360 e. The first-order chi connectivity index (χ1) is 12.6. The molecule has 2 heterocycles. The van der Waals surface area contributed by atoms with E-state index in [1.165, 1.54) is 12.1 Å². The van der Waals surface area contributed by atoms with Crippen LogP contribution in [0.1, 0.15) is 17.8 Å². The van der Waals surface area contributed by atoms with Crippen molar-refractivity contribution in [2.24, 2.45) is 7.05 Å². The van der Waals surface area contributed by atoms with Gasteiger partial charge in [-0.05, 0) is 60.9 Å². The van der Waals surface area contributed by atoms with Crippen molar-refractivity contribution in [1.29, 1.82) is 5.26 Å². The van der Waals surface area contributed by atoms with Crippen molar-refractivity contribution >= 4 is 5.82 Å². The monoisotopic (exact) mass is 349 g/mol. The molecule has 3 rings (SSSR count). The van der Waals surface area contributed by atoms with Crippen molar-refractivity contribution in [3.63, 3.8) is 0 Å². The molecule has 0 aliphatic heterocycles. The van der Waals surface area contributed by atoms with Crippen LogP contribution in [-0.2, 0) is 13.5 Å². The van der Waals surface area contributed by atoms with Crippen LogP contribution in [0.3, 0.4) is 0 Å². The number of hydrogen-bond donors (Lipinski definition) is 0. The summed E-state index contributed by atoms with van der Waals surface area (Å²) in [6, 6.07) is 16.0. The molecule has 0 unspecified atom stereocenters. The highest BCUT2D eigenvalue weighted by molar-refractivity contribution is 5.59. The number of halogens is 1. The molecular weight excluding hydrogens is 329 g/mol. The lowest BCUT2D eigenvalue weighted by Crippen LogP contribution is -2.20. The third-order valence-corrected chi connectivity index (χ3v) is 4.24. The Morgan fingerprint density at radius 1 is 1.19 bits per heavy atom. The molecule has 3 aromatic rings. The molecule has 0 bridgehead atoms. The van der Waals surface area contributed by atoms with Gasteiger partial charge in [0.05, 0.1) is 11.4 Å². The molecule has 5 nitrogen and oxygen atoms in total. The summed E-state index contributed by atoms with van der Waals surface area (Å²) < 4.78 is 14.9. The zero-order valence-electron chi connectivity index (χ0n) is 14.9. The second-order valence-corrected chi connectivity index (χ2v) is 6.17. The van der Waals surface area contributed by atoms with Crippen molar-refractivity contribution in [2.75, 3.05) is 18.5 Å². The van der Waals surface area contributed by atoms with E-state index in [1.54, 1.807) is 18.2 Å². The van der Waals surface area contributed by atoms with E-state index in [0.717, 1.165) is 42.2 Å². The maximum Gasteiger partial charge on any atom is 0.142 e. The summed E-state index contributed by atoms with van der Waals surface area (Å²) in [4.78, 5) is 6.33. The van der Waals surface area contributed by atoms with E-state index in [1.807, 2.05) is 41.9 Å². The third-order valence-electron chi connectivity index (χ3n) is 4.24. The molecule has 0 saturated heterocycles. The Bertz CT molecular complexity index is 924. The molecule has 1 aromatic carbocycles. The number of aromatic nitrogens is 3. The standard InChI is InChI=1S/C20H20FN5/c1-25(20-7-3-5-18(14-22)23-20)12-4-6-17-13-19(26(2)24-17)15-8-10-16(21)11-9-15/h3,5,7-11,13H,4,6,12H2,1-2H3. The van der Waals surface area contributed by atoms with Crippen LogP contribution < -0.4 is 4.90 Å². The normalized spacial score (nSPS) is 10.5. The Kier molecular flexibility index (Phi) is 5.28. The van der Waals surface area contributed by atoms with Crippen molar-refractivity contribution in [3.8, 4) is 17.3 Å². The van der Waals surface area contributed by atoms with E-state index in [0.29, 0.717) is 5.69 Å². The number of hydrogen-bond acceptors (Lipinski definition) is 4. The molecule has 0 aliphatic carbocycles. The van der Waals surface area contributed by atoms with Gasteiger partial charge >= 0.3 is 0 Å². The van der Waals surface area contributed by atoms with E-state index < -0.39 is 0 Å². The summed E-state index contributed by atoms with van der Waals surface area (Å²) >= 11 is 0. The summed E-state index contributed by atoms with van der Waals surface area (Å²) in [5, 5.41) is 13.5. The van der Waals surface area contributed by atoms with E-state index in [2.05, 4.69) is 16.2 Å². The van der Waals surface area contributed by atoms with Gasteiger partial charge in [-0.2, -0.15) is 10.4 Å². The van der Waals surface area contributed by atoms with Crippen LogP contribution in [0.2, 0.25) is 0 Å². The van der Waals surface area contributed by atoms with Gasteiger partial charge in [-0.25, -0.2) is 9.37 Å². The minimum atomic E-state index is -0.242. The first kappa shape index (κ1) is 17.6. The smallest absolute Gasteiger partial charge is 0.142 e. The van der Waals surface area contributed by atoms with Crippen molar-refractivity contribution in [1.82, 2.24) is 14.8 Å². The average Bonchev–Trinajstić information content (AvgIpc) is 3.03. The zero-order chi connectivity index (χ0) is 18.5. The zero-order valence-corrected chi connectivity index (χ0v) is 14.9. The van der Waals surface area contributed by atoms with Crippen LogP contribution in [0.4, 0.5) is 10.2 Å². The van der Waals surface area contributed by atoms with Crippen LogP contribution in [0.15, 0.2) is 48.5 Å². The highest BCUT2D eigenvalue weighted by atomic mass is 19.1. The Labute approximate surface area is 152 Å². The maximum absolute atomic E-state index is 13.1. The minimum Gasteiger partial charge on any atom is -0.360 e. The molecule has 0 saturated carbocycles. The number of anilines is 1. The molecule has 0 spiro atoms. The van der Waals surface area contributed by atoms with Crippen molar-refractivity contribution in [3.05, 3.63) is 65.7 Å². The van der Waals surface area contributed by atoms with E-state index in [4.69, 9.17) is 5.26 Å². The number of nitriles is 1. The molecule has 26 heavy (non-hydrogen) atoms. The van der Waals surface area contributed by atoms with Gasteiger partial charge in [-0.1, -0.05) is 6.07 Å². The molecular formula is C20H20FN5. The average molecular weight is 349 g/mol. The molecule has 2 aromatic heterocycles. The predicted molar refractivity (Wildman–Crippen MR) is 99.1 cm³/mol. The molecule has 6 heteroatoms. The highest BCUT2D eigenvalue weighted by Crippen LogP contribution is 2.21. The lowest BCUT2D eigenvalue weighted by molar-refractivity contribution is 0.628. The Balaban J connectivity index is 1.61. The van der Waals surface area contributed by atoms with Gasteiger partial charge in [0.15, 0.2) is 0 Å². The summed E-state index contributed by atoms with van der Waals surface area (Å²) in [5.74, 6) is 0.547. The fourth-order valence-electron chi connectivity index (χ4n) is 2.85. The molecule has 0 amide bonds. The summed E-state index contributed by atoms with van der Waals surface area (Å²) in [6.45, 7) is 0.810. The first-order valence-corrected chi connectivity index (χ1v) is 8.44. The van der Waals surface area contributed by atoms with Gasteiger partial charge in [0, 0.05) is 20.6 Å². The van der Waals surface area contributed by atoms with Gasteiger partial charge in [0.2, 0.25) is 0 Å². The molecule has 0 fully saturated rings. The Morgan fingerprint density at radius 2 is 1.96 bits per heavy atom. The number of aryl methyl sites for hydroxylation is 2. The van der Waals surface area contributed by atoms with E-state index in [9.17, 15) is 4.39 Å². The highest BCUT2D eigenvalue weighted by Gasteiger charge is 2.09. The van der Waals surface area contributed by atoms with E-state index in [-0.39, 0.29) is 5.82 Å². The number of pyridine rings is 1. The maximum atomic E-state index is 13.1. The topological polar surface area (TPSA) is 57.7 Å². The third kappa shape index (κ3) is 4.06. The molecule has 0 atom stereocenters. The van der Waals surface area contributed by atoms with Crippen LogP contribution in [0, 0.1) is 17.1 Å². The predicted octanol–water partition coefficient (Wildman–Crippen LogP) is 3.56. The molecule has 0 N–H and O–H groups in total. The van der Waals surface area contributed by atoms with Gasteiger partial charge in [-0.3, -0.25) is 4.68 Å². The Morgan fingerprint density at radius 3 is 2.69 bits per heavy atom. The molecule has 0 radical (unpaired) electrons. The van der Waals surface area contributed by atoms with Gasteiger partial charge in [0.25, 0.3) is 0 Å². The molecule has 132 valence electrons. The number of benzene rings is 1. The second-order valence-electron chi connectivity index (χ2n) is 6.17. The van der Waals surface area contributed by atoms with Gasteiger partial charge < -0.3 is 4.90 Å². The van der Waals surface area contributed by atoms with Gasteiger partial charge in [0.1, 0.15) is 23.4 Å². The number of rotatable bonds is 6. The van der Waals surface area contributed by atoms with Crippen LogP contribution in [0.5, 0.6) is 0 Å². The van der Waals surface area contributed by atoms with Crippen LogP contribution >= 0.6 is 0 Å². The quantitative estimate of drug-likeness (QED) is 0.683. The summed E-state index contributed by atoms with van der Waals surface area (Å²) in [7, 11) is 3.86. The van der Waals surface area contributed by atoms with Crippen molar-refractivity contribution < 1.29 is 4.39 Å². The molecule has 0 aliphatic rings. The summed E-state index contributed by atoms with van der Waals surface area (Å²) in [6.07, 6.45) is 1.74. The Hall–Kier alpha value is -3.20. The number of nitrogens with zero attached hydrogens (tertiary/aromatic N) is 5. The van der Waals surface area contributed by atoms with Crippen LogP contribution in [-0.4, -0.2) is 28.4 Å². The van der Waals surface area contributed by atoms with E-state index >= 15 is 0 Å². The second kappa shape index (κ2) is 7.79. The van der Waals surface area contributed by atoms with Gasteiger partial charge in [-0.15, -0.1) is 0 Å². The lowest BCUT2D eigenvalue weighted by Gasteiger charge is -2.17. The fourth-order valence-corrected chi connectivity index (χ4v) is 2.85. The fraction of sp³-hybridized carbons (Fsp3) is 0.250. The lowest BCUT2D eigenvalue weighted by atomic mass is 10.1.